The fourth-order valence-corrected chi connectivity index (χ4v) is 3.59. The summed E-state index contributed by atoms with van der Waals surface area (Å²) in [6, 6.07) is 19.9. The summed E-state index contributed by atoms with van der Waals surface area (Å²) < 4.78 is 27.5. The number of aromatic nitrogens is 5. The summed E-state index contributed by atoms with van der Waals surface area (Å²) in [5, 5.41) is 8.64. The Morgan fingerprint density at radius 2 is 1.82 bits per heavy atom. The van der Waals surface area contributed by atoms with Crippen LogP contribution in [0, 0.1) is 5.82 Å². The van der Waals surface area contributed by atoms with Crippen LogP contribution in [0.15, 0.2) is 88.2 Å². The lowest BCUT2D eigenvalue weighted by molar-refractivity contribution is 0.291. The third-order valence-electron chi connectivity index (χ3n) is 4.92. The van der Waals surface area contributed by atoms with Crippen LogP contribution in [0.2, 0.25) is 0 Å². The third-order valence-corrected chi connectivity index (χ3v) is 5.46. The maximum Gasteiger partial charge on any atom is 0.232 e. The zero-order valence-corrected chi connectivity index (χ0v) is 18.8. The molecule has 5 rings (SSSR count). The van der Waals surface area contributed by atoms with E-state index in [0.29, 0.717) is 45.4 Å². The Morgan fingerprint density at radius 3 is 2.61 bits per heavy atom. The van der Waals surface area contributed by atoms with Gasteiger partial charge in [0.15, 0.2) is 5.82 Å². The van der Waals surface area contributed by atoms with Crippen molar-refractivity contribution in [3.63, 3.8) is 0 Å². The molecule has 0 bridgehead atoms. The quantitative estimate of drug-likeness (QED) is 0.289. The van der Waals surface area contributed by atoms with E-state index in [9.17, 15) is 4.39 Å². The van der Waals surface area contributed by atoms with Gasteiger partial charge in [0, 0.05) is 17.8 Å². The first-order valence-electron chi connectivity index (χ1n) is 10.1. The molecule has 0 fully saturated rings. The minimum atomic E-state index is -0.308. The molecule has 0 spiro atoms. The van der Waals surface area contributed by atoms with Gasteiger partial charge in [0.05, 0.1) is 16.7 Å². The second kappa shape index (κ2) is 9.33. The number of halogens is 2. The fraction of sp³-hybridized carbons (Fsp3) is 0.0833. The van der Waals surface area contributed by atoms with Gasteiger partial charge in [-0.05, 0) is 33.6 Å². The van der Waals surface area contributed by atoms with Crippen LogP contribution in [0.25, 0.3) is 22.9 Å². The van der Waals surface area contributed by atoms with E-state index in [-0.39, 0.29) is 12.4 Å². The summed E-state index contributed by atoms with van der Waals surface area (Å²) in [5.74, 6) is 0.464. The van der Waals surface area contributed by atoms with Crippen molar-refractivity contribution in [2.75, 3.05) is 0 Å². The number of hydrogen-bond donors (Lipinski definition) is 0. The molecule has 3 aromatic heterocycles. The molecule has 0 saturated heterocycles. The standard InChI is InChI=1S/C24H17BrFN5O2/c25-18-13-27-23(28-24(18)32-15-16-6-2-1-3-7-16)21-12-22(20-10-11-33-30-20)31(29-21)14-17-8-4-5-9-19(17)26/h1-13H,14-15H2. The monoisotopic (exact) mass is 505 g/mol. The Balaban J connectivity index is 1.48. The normalized spacial score (nSPS) is 11.0. The molecule has 0 aliphatic carbocycles. The predicted molar refractivity (Wildman–Crippen MR) is 123 cm³/mol. The van der Waals surface area contributed by atoms with Crippen molar-refractivity contribution in [2.24, 2.45) is 0 Å². The molecule has 7 nitrogen and oxygen atoms in total. The molecule has 33 heavy (non-hydrogen) atoms. The molecular weight excluding hydrogens is 489 g/mol. The number of rotatable bonds is 7. The van der Waals surface area contributed by atoms with E-state index >= 15 is 0 Å². The van der Waals surface area contributed by atoms with Gasteiger partial charge in [-0.25, -0.2) is 9.37 Å². The number of benzene rings is 2. The highest BCUT2D eigenvalue weighted by Gasteiger charge is 2.18. The molecule has 0 atom stereocenters. The molecule has 0 amide bonds. The minimum absolute atomic E-state index is 0.211. The topological polar surface area (TPSA) is 78.9 Å². The van der Waals surface area contributed by atoms with Crippen molar-refractivity contribution < 1.29 is 13.7 Å². The summed E-state index contributed by atoms with van der Waals surface area (Å²) in [7, 11) is 0. The largest absolute Gasteiger partial charge is 0.472 e. The van der Waals surface area contributed by atoms with Crippen molar-refractivity contribution in [3.8, 4) is 28.8 Å². The van der Waals surface area contributed by atoms with Gasteiger partial charge in [-0.1, -0.05) is 53.7 Å². The summed E-state index contributed by atoms with van der Waals surface area (Å²) in [5.41, 5.74) is 3.25. The van der Waals surface area contributed by atoms with E-state index in [1.54, 1.807) is 41.2 Å². The van der Waals surface area contributed by atoms with Crippen LogP contribution in [0.1, 0.15) is 11.1 Å². The maximum absolute atomic E-state index is 14.3. The van der Waals surface area contributed by atoms with Crippen LogP contribution in [0.4, 0.5) is 4.39 Å². The Bertz CT molecular complexity index is 1370. The molecule has 5 aromatic rings. The van der Waals surface area contributed by atoms with Crippen LogP contribution >= 0.6 is 15.9 Å². The first kappa shape index (κ1) is 21.0. The molecule has 164 valence electrons. The molecule has 9 heteroatoms. The smallest absolute Gasteiger partial charge is 0.232 e. The van der Waals surface area contributed by atoms with Gasteiger partial charge in [-0.15, -0.1) is 0 Å². The highest BCUT2D eigenvalue weighted by molar-refractivity contribution is 9.10. The van der Waals surface area contributed by atoms with Gasteiger partial charge < -0.3 is 9.26 Å². The zero-order valence-electron chi connectivity index (χ0n) is 17.2. The molecule has 0 aliphatic heterocycles. The predicted octanol–water partition coefficient (Wildman–Crippen LogP) is 5.52. The van der Waals surface area contributed by atoms with E-state index in [1.807, 2.05) is 30.3 Å². The summed E-state index contributed by atoms with van der Waals surface area (Å²) >= 11 is 3.44. The van der Waals surface area contributed by atoms with Crippen molar-refractivity contribution in [2.45, 2.75) is 13.2 Å². The number of nitrogens with zero attached hydrogens (tertiary/aromatic N) is 5. The van der Waals surface area contributed by atoms with Crippen LogP contribution in [-0.2, 0) is 13.2 Å². The first-order valence-corrected chi connectivity index (χ1v) is 10.9. The summed E-state index contributed by atoms with van der Waals surface area (Å²) in [4.78, 5) is 8.94. The van der Waals surface area contributed by atoms with Gasteiger partial charge in [0.25, 0.3) is 0 Å². The van der Waals surface area contributed by atoms with Gasteiger partial charge >= 0.3 is 0 Å². The van der Waals surface area contributed by atoms with Gasteiger partial charge in [-0.3, -0.25) is 4.68 Å². The third kappa shape index (κ3) is 4.68. The van der Waals surface area contributed by atoms with Gasteiger partial charge in [0.2, 0.25) is 5.88 Å². The fourth-order valence-electron chi connectivity index (χ4n) is 3.29. The molecule has 2 aromatic carbocycles. The zero-order chi connectivity index (χ0) is 22.6. The molecule has 0 saturated carbocycles. The second-order valence-electron chi connectivity index (χ2n) is 7.17. The lowest BCUT2D eigenvalue weighted by Crippen LogP contribution is -2.06. The van der Waals surface area contributed by atoms with E-state index < -0.39 is 0 Å². The van der Waals surface area contributed by atoms with Gasteiger partial charge in [0.1, 0.15) is 30.1 Å². The van der Waals surface area contributed by atoms with Gasteiger partial charge in [-0.2, -0.15) is 10.1 Å². The van der Waals surface area contributed by atoms with E-state index in [2.05, 4.69) is 36.2 Å². The second-order valence-corrected chi connectivity index (χ2v) is 8.02. The lowest BCUT2D eigenvalue weighted by atomic mass is 10.2. The average Bonchev–Trinajstić information content (AvgIpc) is 3.51. The van der Waals surface area contributed by atoms with E-state index in [4.69, 9.17) is 9.26 Å². The van der Waals surface area contributed by atoms with Crippen molar-refractivity contribution in [1.82, 2.24) is 24.9 Å². The molecular formula is C24H17BrFN5O2. The molecule has 0 aliphatic rings. The Kier molecular flexibility index (Phi) is 5.95. The van der Waals surface area contributed by atoms with E-state index in [0.717, 1.165) is 5.56 Å². The Labute approximate surface area is 197 Å². The molecule has 0 radical (unpaired) electrons. The lowest BCUT2D eigenvalue weighted by Gasteiger charge is -2.08. The minimum Gasteiger partial charge on any atom is -0.472 e. The highest BCUT2D eigenvalue weighted by atomic mass is 79.9. The molecule has 0 unspecified atom stereocenters. The summed E-state index contributed by atoms with van der Waals surface area (Å²) in [6.45, 7) is 0.574. The van der Waals surface area contributed by atoms with Crippen LogP contribution < -0.4 is 4.74 Å². The van der Waals surface area contributed by atoms with Crippen molar-refractivity contribution in [1.29, 1.82) is 0 Å². The number of hydrogen-bond acceptors (Lipinski definition) is 6. The Morgan fingerprint density at radius 1 is 1.00 bits per heavy atom. The average molecular weight is 506 g/mol. The maximum atomic E-state index is 14.3. The Hall–Kier alpha value is -3.85. The van der Waals surface area contributed by atoms with Crippen molar-refractivity contribution in [3.05, 3.63) is 101 Å². The highest BCUT2D eigenvalue weighted by Crippen LogP contribution is 2.28. The SMILES string of the molecule is Fc1ccccc1Cn1nc(-c2ncc(Br)c(OCc3ccccc3)n2)cc1-c1ccon1. The molecule has 0 N–H and O–H groups in total. The van der Waals surface area contributed by atoms with Crippen LogP contribution in [0.3, 0.4) is 0 Å². The molecule has 3 heterocycles. The first-order chi connectivity index (χ1) is 16.2. The van der Waals surface area contributed by atoms with Crippen molar-refractivity contribution >= 4 is 15.9 Å². The number of ether oxygens (including phenoxy) is 1. The summed E-state index contributed by atoms with van der Waals surface area (Å²) in [6.07, 6.45) is 3.09. The van der Waals surface area contributed by atoms with Crippen LogP contribution in [-0.4, -0.2) is 24.9 Å². The van der Waals surface area contributed by atoms with E-state index in [1.165, 1.54) is 12.3 Å². The van der Waals surface area contributed by atoms with Crippen LogP contribution in [0.5, 0.6) is 5.88 Å².